The molecule has 1 aromatic rings. The summed E-state index contributed by atoms with van der Waals surface area (Å²) >= 11 is 0. The van der Waals surface area contributed by atoms with Crippen molar-refractivity contribution in [3.8, 4) is 0 Å². The summed E-state index contributed by atoms with van der Waals surface area (Å²) in [5.74, 6) is 3.32. The minimum absolute atomic E-state index is 0.115. The molecule has 2 atom stereocenters. The van der Waals surface area contributed by atoms with Gasteiger partial charge in [0.05, 0.1) is 0 Å². The van der Waals surface area contributed by atoms with Crippen LogP contribution in [0.15, 0.2) is 22.6 Å². The molecule has 1 saturated heterocycles. The number of nitrogens with zero attached hydrogens (tertiary/aromatic N) is 1. The zero-order chi connectivity index (χ0) is 13.9. The monoisotopic (exact) mass is 273 g/mol. The molecule has 2 unspecified atom stereocenters. The topological polar surface area (TPSA) is 33.5 Å². The van der Waals surface area contributed by atoms with Gasteiger partial charge in [0.1, 0.15) is 11.5 Å². The van der Waals surface area contributed by atoms with Crippen LogP contribution in [0.5, 0.6) is 0 Å². The standard InChI is InChI=1S/C17H23NO2/c1-13-12-15(13)16-8-6-14(20-16)7-9-17(19)18-10-4-2-3-5-11-18/h6-9,13,15H,2-5,10-12H2,1H3/b9-7+. The second-order valence-electron chi connectivity index (χ2n) is 6.13. The summed E-state index contributed by atoms with van der Waals surface area (Å²) in [6, 6.07) is 4.01. The maximum Gasteiger partial charge on any atom is 0.246 e. The van der Waals surface area contributed by atoms with Gasteiger partial charge in [0.15, 0.2) is 0 Å². The summed E-state index contributed by atoms with van der Waals surface area (Å²) in [7, 11) is 0. The molecule has 2 fully saturated rings. The fraction of sp³-hybridized carbons (Fsp3) is 0.588. The molecule has 3 nitrogen and oxygen atoms in total. The van der Waals surface area contributed by atoms with Crippen molar-refractivity contribution in [1.82, 2.24) is 4.90 Å². The second-order valence-corrected chi connectivity index (χ2v) is 6.13. The molecule has 1 aliphatic carbocycles. The van der Waals surface area contributed by atoms with Gasteiger partial charge in [-0.2, -0.15) is 0 Å². The van der Waals surface area contributed by atoms with Crippen LogP contribution in [-0.2, 0) is 4.79 Å². The van der Waals surface area contributed by atoms with Crippen molar-refractivity contribution in [2.75, 3.05) is 13.1 Å². The summed E-state index contributed by atoms with van der Waals surface area (Å²) in [6.07, 6.45) is 9.44. The zero-order valence-electron chi connectivity index (χ0n) is 12.2. The Morgan fingerprint density at radius 1 is 1.25 bits per heavy atom. The highest BCUT2D eigenvalue weighted by atomic mass is 16.3. The number of likely N-dealkylation sites (tertiary alicyclic amines) is 1. The Hall–Kier alpha value is -1.51. The molecule has 0 N–H and O–H groups in total. The van der Waals surface area contributed by atoms with E-state index in [2.05, 4.69) is 6.92 Å². The number of hydrogen-bond donors (Lipinski definition) is 0. The lowest BCUT2D eigenvalue weighted by atomic mass is 10.2. The van der Waals surface area contributed by atoms with Gasteiger partial charge in [-0.15, -0.1) is 0 Å². The molecule has 0 spiro atoms. The van der Waals surface area contributed by atoms with Crippen molar-refractivity contribution in [2.24, 2.45) is 5.92 Å². The van der Waals surface area contributed by atoms with Crippen LogP contribution < -0.4 is 0 Å². The lowest BCUT2D eigenvalue weighted by Gasteiger charge is -2.17. The number of furan rings is 1. The average Bonchev–Trinajstić information content (AvgIpc) is 3.09. The van der Waals surface area contributed by atoms with E-state index in [1.807, 2.05) is 23.1 Å². The number of carbonyl (C=O) groups is 1. The zero-order valence-corrected chi connectivity index (χ0v) is 12.2. The summed E-state index contributed by atoms with van der Waals surface area (Å²) in [5, 5.41) is 0. The summed E-state index contributed by atoms with van der Waals surface area (Å²) in [4.78, 5) is 14.1. The Kier molecular flexibility index (Phi) is 3.95. The first-order valence-electron chi connectivity index (χ1n) is 7.81. The molecule has 0 aromatic carbocycles. The third kappa shape index (κ3) is 3.14. The lowest BCUT2D eigenvalue weighted by molar-refractivity contribution is -0.125. The molecule has 2 heterocycles. The van der Waals surface area contributed by atoms with Crippen molar-refractivity contribution < 1.29 is 9.21 Å². The fourth-order valence-corrected chi connectivity index (χ4v) is 2.93. The second kappa shape index (κ2) is 5.86. The fourth-order valence-electron chi connectivity index (χ4n) is 2.93. The molecule has 2 aliphatic rings. The van der Waals surface area contributed by atoms with E-state index in [4.69, 9.17) is 4.42 Å². The minimum atomic E-state index is 0.115. The van der Waals surface area contributed by atoms with E-state index in [0.29, 0.717) is 5.92 Å². The highest BCUT2D eigenvalue weighted by Crippen LogP contribution is 2.47. The van der Waals surface area contributed by atoms with Gasteiger partial charge in [-0.05, 0) is 43.4 Å². The van der Waals surface area contributed by atoms with Crippen LogP contribution in [0.3, 0.4) is 0 Å². The largest absolute Gasteiger partial charge is 0.461 e. The molecule has 1 saturated carbocycles. The first-order chi connectivity index (χ1) is 9.74. The van der Waals surface area contributed by atoms with Crippen LogP contribution in [0.4, 0.5) is 0 Å². The predicted octanol–water partition coefficient (Wildman–Crippen LogP) is 3.82. The SMILES string of the molecule is CC1CC1c1ccc(/C=C/C(=O)N2CCCCCC2)o1. The van der Waals surface area contributed by atoms with Crippen LogP contribution in [-0.4, -0.2) is 23.9 Å². The highest BCUT2D eigenvalue weighted by molar-refractivity contribution is 5.91. The van der Waals surface area contributed by atoms with Crippen LogP contribution in [0.1, 0.15) is 56.5 Å². The van der Waals surface area contributed by atoms with E-state index in [9.17, 15) is 4.79 Å². The molecule has 108 valence electrons. The summed E-state index contributed by atoms with van der Waals surface area (Å²) < 4.78 is 5.78. The molecule has 3 rings (SSSR count). The number of amides is 1. The van der Waals surface area contributed by atoms with E-state index in [1.54, 1.807) is 6.08 Å². The highest BCUT2D eigenvalue weighted by Gasteiger charge is 2.36. The lowest BCUT2D eigenvalue weighted by Crippen LogP contribution is -2.30. The van der Waals surface area contributed by atoms with Crippen molar-refractivity contribution in [3.63, 3.8) is 0 Å². The van der Waals surface area contributed by atoms with E-state index >= 15 is 0 Å². The van der Waals surface area contributed by atoms with E-state index in [0.717, 1.165) is 43.4 Å². The normalized spacial score (nSPS) is 26.8. The first kappa shape index (κ1) is 13.5. The average molecular weight is 273 g/mol. The Labute approximate surface area is 120 Å². The van der Waals surface area contributed by atoms with Gasteiger partial charge in [0.2, 0.25) is 5.91 Å². The molecule has 1 aliphatic heterocycles. The van der Waals surface area contributed by atoms with Crippen LogP contribution in [0.2, 0.25) is 0 Å². The Morgan fingerprint density at radius 2 is 1.95 bits per heavy atom. The van der Waals surface area contributed by atoms with E-state index in [-0.39, 0.29) is 5.91 Å². The summed E-state index contributed by atoms with van der Waals surface area (Å²) in [6.45, 7) is 4.03. The maximum absolute atomic E-state index is 12.1. The van der Waals surface area contributed by atoms with Gasteiger partial charge in [-0.3, -0.25) is 4.79 Å². The van der Waals surface area contributed by atoms with Gasteiger partial charge in [0, 0.05) is 25.1 Å². The van der Waals surface area contributed by atoms with Crippen molar-refractivity contribution in [3.05, 3.63) is 29.7 Å². The molecule has 1 aromatic heterocycles. The number of carbonyl (C=O) groups excluding carboxylic acids is 1. The van der Waals surface area contributed by atoms with Gasteiger partial charge in [0.25, 0.3) is 0 Å². The van der Waals surface area contributed by atoms with Gasteiger partial charge in [-0.1, -0.05) is 19.8 Å². The smallest absolute Gasteiger partial charge is 0.246 e. The van der Waals surface area contributed by atoms with Crippen molar-refractivity contribution >= 4 is 12.0 Å². The van der Waals surface area contributed by atoms with Crippen molar-refractivity contribution in [2.45, 2.75) is 44.9 Å². The Balaban J connectivity index is 1.58. The summed E-state index contributed by atoms with van der Waals surface area (Å²) in [5.41, 5.74) is 0. The minimum Gasteiger partial charge on any atom is -0.461 e. The van der Waals surface area contributed by atoms with E-state index < -0.39 is 0 Å². The molecule has 20 heavy (non-hydrogen) atoms. The molecular formula is C17H23NO2. The number of rotatable bonds is 3. The number of hydrogen-bond acceptors (Lipinski definition) is 2. The first-order valence-corrected chi connectivity index (χ1v) is 7.81. The Bertz CT molecular complexity index is 495. The van der Waals surface area contributed by atoms with E-state index in [1.165, 1.54) is 19.3 Å². The van der Waals surface area contributed by atoms with Crippen LogP contribution in [0.25, 0.3) is 6.08 Å². The molecule has 3 heteroatoms. The van der Waals surface area contributed by atoms with Gasteiger partial charge in [-0.25, -0.2) is 0 Å². The Morgan fingerprint density at radius 3 is 2.60 bits per heavy atom. The predicted molar refractivity (Wildman–Crippen MR) is 79.3 cm³/mol. The molecule has 0 bridgehead atoms. The third-order valence-electron chi connectivity index (χ3n) is 4.43. The van der Waals surface area contributed by atoms with Gasteiger partial charge >= 0.3 is 0 Å². The van der Waals surface area contributed by atoms with Crippen LogP contribution in [0, 0.1) is 5.92 Å². The van der Waals surface area contributed by atoms with Crippen LogP contribution >= 0.6 is 0 Å². The molecule has 1 amide bonds. The van der Waals surface area contributed by atoms with Gasteiger partial charge < -0.3 is 9.32 Å². The molecular weight excluding hydrogens is 250 g/mol. The van der Waals surface area contributed by atoms with Crippen molar-refractivity contribution in [1.29, 1.82) is 0 Å². The quantitative estimate of drug-likeness (QED) is 0.784. The third-order valence-corrected chi connectivity index (χ3v) is 4.43. The molecule has 0 radical (unpaired) electrons. The maximum atomic E-state index is 12.1.